The number of aliphatic imine (C=N–C) groups is 1. The molecule has 0 aliphatic carbocycles. The van der Waals surface area contributed by atoms with Gasteiger partial charge in [0.2, 0.25) is 0 Å². The highest BCUT2D eigenvalue weighted by atomic mass is 35.5. The molecule has 1 saturated heterocycles. The molecule has 0 bridgehead atoms. The van der Waals surface area contributed by atoms with Crippen LogP contribution in [0.2, 0.25) is 5.15 Å². The van der Waals surface area contributed by atoms with Gasteiger partial charge in [-0.2, -0.15) is 0 Å². The standard InChI is InChI=1S/C23H32ClN5/c1-2-25-23(26-13-12-19-10-11-22(24)27-16-19)28-17-20-8-4-5-9-21(20)18-29-14-6-3-7-15-29/h4-5,8-11,16H,2-3,6-7,12-15,17-18H2,1H3,(H2,25,26,28). The van der Waals surface area contributed by atoms with E-state index in [2.05, 4.69) is 51.7 Å². The molecule has 156 valence electrons. The van der Waals surface area contributed by atoms with Crippen LogP contribution in [0.5, 0.6) is 0 Å². The van der Waals surface area contributed by atoms with E-state index in [4.69, 9.17) is 16.6 Å². The Bertz CT molecular complexity index is 769. The molecule has 1 aromatic heterocycles. The Hall–Kier alpha value is -2.11. The molecule has 0 atom stereocenters. The van der Waals surface area contributed by atoms with Crippen LogP contribution in [0, 0.1) is 0 Å². The molecule has 3 rings (SSSR count). The summed E-state index contributed by atoms with van der Waals surface area (Å²) in [5.41, 5.74) is 3.85. The van der Waals surface area contributed by atoms with E-state index >= 15 is 0 Å². The van der Waals surface area contributed by atoms with Crippen molar-refractivity contribution in [2.75, 3.05) is 26.2 Å². The highest BCUT2D eigenvalue weighted by molar-refractivity contribution is 6.29. The maximum Gasteiger partial charge on any atom is 0.191 e. The first kappa shape index (κ1) is 21.6. The molecule has 0 spiro atoms. The Kier molecular flexibility index (Phi) is 8.78. The fourth-order valence-corrected chi connectivity index (χ4v) is 3.72. The van der Waals surface area contributed by atoms with Crippen LogP contribution in [-0.2, 0) is 19.5 Å². The van der Waals surface area contributed by atoms with Crippen LogP contribution < -0.4 is 10.6 Å². The third-order valence-corrected chi connectivity index (χ3v) is 5.43. The van der Waals surface area contributed by atoms with Gasteiger partial charge in [0.25, 0.3) is 0 Å². The van der Waals surface area contributed by atoms with Gasteiger partial charge >= 0.3 is 0 Å². The molecule has 0 unspecified atom stereocenters. The Morgan fingerprint density at radius 1 is 1.07 bits per heavy atom. The predicted octanol–water partition coefficient (Wildman–Crippen LogP) is 4.02. The summed E-state index contributed by atoms with van der Waals surface area (Å²) in [6.45, 7) is 7.85. The van der Waals surface area contributed by atoms with E-state index in [9.17, 15) is 0 Å². The summed E-state index contributed by atoms with van der Waals surface area (Å²) < 4.78 is 0. The molecule has 2 heterocycles. The van der Waals surface area contributed by atoms with Crippen LogP contribution in [0.15, 0.2) is 47.6 Å². The second-order valence-electron chi connectivity index (χ2n) is 7.47. The summed E-state index contributed by atoms with van der Waals surface area (Å²) >= 11 is 5.85. The molecule has 0 radical (unpaired) electrons. The number of benzene rings is 1. The van der Waals surface area contributed by atoms with E-state index < -0.39 is 0 Å². The lowest BCUT2D eigenvalue weighted by Gasteiger charge is -2.27. The third kappa shape index (κ3) is 7.33. The van der Waals surface area contributed by atoms with E-state index in [-0.39, 0.29) is 0 Å². The minimum absolute atomic E-state index is 0.528. The second kappa shape index (κ2) is 11.8. The molecule has 2 N–H and O–H groups in total. The van der Waals surface area contributed by atoms with Crippen molar-refractivity contribution in [1.82, 2.24) is 20.5 Å². The smallest absolute Gasteiger partial charge is 0.191 e. The summed E-state index contributed by atoms with van der Waals surface area (Å²) in [6.07, 6.45) is 6.70. The maximum atomic E-state index is 5.85. The van der Waals surface area contributed by atoms with Crippen LogP contribution >= 0.6 is 11.6 Å². The zero-order valence-corrected chi connectivity index (χ0v) is 18.1. The van der Waals surface area contributed by atoms with E-state index in [0.717, 1.165) is 37.6 Å². The Morgan fingerprint density at radius 3 is 2.59 bits per heavy atom. The van der Waals surface area contributed by atoms with Gasteiger partial charge in [0, 0.05) is 25.8 Å². The first-order valence-corrected chi connectivity index (χ1v) is 11.0. The SMILES string of the molecule is CCNC(=NCc1ccccc1CN1CCCCC1)NCCc1ccc(Cl)nc1. The average molecular weight is 414 g/mol. The van der Waals surface area contributed by atoms with E-state index in [1.54, 1.807) is 0 Å². The molecule has 2 aromatic rings. The Labute approximate surface area is 179 Å². The van der Waals surface area contributed by atoms with Gasteiger partial charge in [-0.3, -0.25) is 4.90 Å². The normalized spacial score (nSPS) is 15.3. The van der Waals surface area contributed by atoms with Gasteiger partial charge in [-0.15, -0.1) is 0 Å². The Morgan fingerprint density at radius 2 is 1.86 bits per heavy atom. The molecule has 0 amide bonds. The number of hydrogen-bond donors (Lipinski definition) is 2. The van der Waals surface area contributed by atoms with E-state index in [1.165, 1.54) is 43.5 Å². The third-order valence-electron chi connectivity index (χ3n) is 5.21. The number of nitrogens with one attached hydrogen (secondary N) is 2. The highest BCUT2D eigenvalue weighted by Crippen LogP contribution is 2.17. The summed E-state index contributed by atoms with van der Waals surface area (Å²) in [6, 6.07) is 12.5. The number of nitrogens with zero attached hydrogens (tertiary/aromatic N) is 3. The summed E-state index contributed by atoms with van der Waals surface area (Å²) in [7, 11) is 0. The van der Waals surface area contributed by atoms with Crippen LogP contribution in [0.25, 0.3) is 0 Å². The highest BCUT2D eigenvalue weighted by Gasteiger charge is 2.12. The van der Waals surface area contributed by atoms with Gasteiger partial charge < -0.3 is 10.6 Å². The summed E-state index contributed by atoms with van der Waals surface area (Å²) in [4.78, 5) is 11.5. The van der Waals surface area contributed by atoms with Gasteiger partial charge in [0.15, 0.2) is 5.96 Å². The number of guanidine groups is 1. The summed E-state index contributed by atoms with van der Waals surface area (Å²) in [5, 5.41) is 7.29. The maximum absolute atomic E-state index is 5.85. The van der Waals surface area contributed by atoms with Crippen molar-refractivity contribution in [3.63, 3.8) is 0 Å². The van der Waals surface area contributed by atoms with Gasteiger partial charge in [-0.1, -0.05) is 48.4 Å². The zero-order valence-electron chi connectivity index (χ0n) is 17.3. The van der Waals surface area contributed by atoms with Crippen molar-refractivity contribution in [3.8, 4) is 0 Å². The minimum Gasteiger partial charge on any atom is -0.357 e. The molecule has 1 aliphatic rings. The number of rotatable bonds is 8. The molecule has 1 aromatic carbocycles. The topological polar surface area (TPSA) is 52.6 Å². The molecule has 1 aliphatic heterocycles. The number of halogens is 1. The number of piperidine rings is 1. The fraction of sp³-hybridized carbons (Fsp3) is 0.478. The first-order valence-electron chi connectivity index (χ1n) is 10.7. The van der Waals surface area contributed by atoms with Gasteiger partial charge in [0.1, 0.15) is 5.15 Å². The zero-order chi connectivity index (χ0) is 20.3. The average Bonchev–Trinajstić information content (AvgIpc) is 2.75. The van der Waals surface area contributed by atoms with Crippen molar-refractivity contribution in [2.24, 2.45) is 4.99 Å². The quantitative estimate of drug-likeness (QED) is 0.390. The largest absolute Gasteiger partial charge is 0.357 e. The van der Waals surface area contributed by atoms with Crippen LogP contribution in [0.3, 0.4) is 0 Å². The lowest BCUT2D eigenvalue weighted by molar-refractivity contribution is 0.220. The number of aromatic nitrogens is 1. The molecule has 1 fully saturated rings. The van der Waals surface area contributed by atoms with Crippen LogP contribution in [0.4, 0.5) is 0 Å². The first-order chi connectivity index (χ1) is 14.2. The van der Waals surface area contributed by atoms with Crippen molar-refractivity contribution < 1.29 is 0 Å². The van der Waals surface area contributed by atoms with E-state index in [0.29, 0.717) is 11.7 Å². The van der Waals surface area contributed by atoms with Crippen molar-refractivity contribution >= 4 is 17.6 Å². The molecule has 0 saturated carbocycles. The van der Waals surface area contributed by atoms with Gasteiger partial charge in [0.05, 0.1) is 6.54 Å². The minimum atomic E-state index is 0.528. The lowest BCUT2D eigenvalue weighted by atomic mass is 10.1. The van der Waals surface area contributed by atoms with Crippen molar-refractivity contribution in [2.45, 2.75) is 45.7 Å². The molecular weight excluding hydrogens is 382 g/mol. The second-order valence-corrected chi connectivity index (χ2v) is 7.85. The van der Waals surface area contributed by atoms with Gasteiger partial charge in [-0.05, 0) is 62.0 Å². The Balaban J connectivity index is 1.56. The molecule has 5 nitrogen and oxygen atoms in total. The fourth-order valence-electron chi connectivity index (χ4n) is 3.61. The lowest BCUT2D eigenvalue weighted by Crippen LogP contribution is -2.38. The molecule has 29 heavy (non-hydrogen) atoms. The predicted molar refractivity (Wildman–Crippen MR) is 121 cm³/mol. The monoisotopic (exact) mass is 413 g/mol. The number of pyridine rings is 1. The molecule has 6 heteroatoms. The number of likely N-dealkylation sites (tertiary alicyclic amines) is 1. The van der Waals surface area contributed by atoms with Crippen LogP contribution in [0.1, 0.15) is 42.9 Å². The van der Waals surface area contributed by atoms with E-state index in [1.807, 2.05) is 18.3 Å². The number of hydrogen-bond acceptors (Lipinski definition) is 3. The van der Waals surface area contributed by atoms with Gasteiger partial charge in [-0.25, -0.2) is 9.98 Å². The van der Waals surface area contributed by atoms with Crippen LogP contribution in [-0.4, -0.2) is 42.0 Å². The molecular formula is C23H32ClN5. The van der Waals surface area contributed by atoms with Crippen molar-refractivity contribution in [3.05, 3.63) is 64.4 Å². The van der Waals surface area contributed by atoms with Crippen molar-refractivity contribution in [1.29, 1.82) is 0 Å². The summed E-state index contributed by atoms with van der Waals surface area (Å²) in [5.74, 6) is 0.849.